The molecule has 35 heavy (non-hydrogen) atoms. The van der Waals surface area contributed by atoms with Crippen molar-refractivity contribution in [3.05, 3.63) is 47.3 Å². The second-order valence-corrected chi connectivity index (χ2v) is 9.28. The monoisotopic (exact) mass is 492 g/mol. The highest BCUT2D eigenvalue weighted by Gasteiger charge is 2.40. The summed E-state index contributed by atoms with van der Waals surface area (Å²) < 4.78 is 47.1. The van der Waals surface area contributed by atoms with Crippen molar-refractivity contribution in [1.29, 1.82) is 0 Å². The lowest BCUT2D eigenvalue weighted by atomic mass is 9.92. The minimum absolute atomic E-state index is 0.190. The molecule has 0 radical (unpaired) electrons. The van der Waals surface area contributed by atoms with Crippen LogP contribution in [0.15, 0.2) is 30.3 Å². The Hall–Kier alpha value is -2.88. The third kappa shape index (κ3) is 6.04. The maximum Gasteiger partial charge on any atom is 0.435 e. The zero-order valence-electron chi connectivity index (χ0n) is 19.8. The van der Waals surface area contributed by atoms with Gasteiger partial charge in [-0.15, -0.1) is 0 Å². The van der Waals surface area contributed by atoms with Gasteiger partial charge in [-0.05, 0) is 63.0 Å². The van der Waals surface area contributed by atoms with Gasteiger partial charge in [-0.2, -0.15) is 18.3 Å². The second kappa shape index (κ2) is 10.8. The summed E-state index contributed by atoms with van der Waals surface area (Å²) in [5.74, 6) is -0.590. The summed E-state index contributed by atoms with van der Waals surface area (Å²) in [6.07, 6.45) is -0.372. The third-order valence-electron chi connectivity index (χ3n) is 6.84. The minimum atomic E-state index is -4.57. The molecule has 190 valence electrons. The zero-order valence-corrected chi connectivity index (χ0v) is 19.8. The number of fused-ring (bicyclic) bond motifs is 1. The number of likely N-dealkylation sites (N-methyl/N-ethyl adjacent to an activating group) is 1. The van der Waals surface area contributed by atoms with Gasteiger partial charge in [0, 0.05) is 37.2 Å². The molecule has 0 saturated carbocycles. The Morgan fingerprint density at radius 1 is 1.17 bits per heavy atom. The van der Waals surface area contributed by atoms with Gasteiger partial charge < -0.3 is 15.0 Å². The fourth-order valence-electron chi connectivity index (χ4n) is 4.95. The number of carbonyl (C=O) groups is 2. The minimum Gasteiger partial charge on any atom is -0.381 e. The number of hydrogen-bond acceptors (Lipinski definition) is 4. The van der Waals surface area contributed by atoms with E-state index in [1.54, 1.807) is 19.2 Å². The van der Waals surface area contributed by atoms with Crippen LogP contribution >= 0.6 is 0 Å². The van der Waals surface area contributed by atoms with Crippen molar-refractivity contribution < 1.29 is 27.5 Å². The van der Waals surface area contributed by atoms with E-state index in [9.17, 15) is 22.8 Å². The summed E-state index contributed by atoms with van der Waals surface area (Å²) in [5, 5.41) is 6.58. The molecule has 1 aliphatic carbocycles. The SMILES string of the molecule is CN(C(=O)[C@H](CC1CCOCC1)NC(=O)Cn1nc(C(F)(F)F)c2c1CCCC2)c1ccccc1. The fraction of sp³-hybridized carbons (Fsp3) is 0.560. The van der Waals surface area contributed by atoms with E-state index < -0.39 is 23.8 Å². The number of anilines is 1. The van der Waals surface area contributed by atoms with Gasteiger partial charge in [-0.25, -0.2) is 0 Å². The van der Waals surface area contributed by atoms with E-state index >= 15 is 0 Å². The van der Waals surface area contributed by atoms with Gasteiger partial charge in [-0.3, -0.25) is 14.3 Å². The van der Waals surface area contributed by atoms with Gasteiger partial charge >= 0.3 is 6.18 Å². The number of para-hydroxylation sites is 1. The fourth-order valence-corrected chi connectivity index (χ4v) is 4.95. The maximum atomic E-state index is 13.5. The van der Waals surface area contributed by atoms with Crippen LogP contribution in [0.1, 0.15) is 49.1 Å². The predicted molar refractivity (Wildman–Crippen MR) is 124 cm³/mol. The number of rotatable bonds is 7. The molecule has 1 aliphatic heterocycles. The van der Waals surface area contributed by atoms with Crippen LogP contribution in [0, 0.1) is 5.92 Å². The molecular weight excluding hydrogens is 461 g/mol. The second-order valence-electron chi connectivity index (χ2n) is 9.28. The predicted octanol–water partition coefficient (Wildman–Crippen LogP) is 3.75. The van der Waals surface area contributed by atoms with Crippen LogP contribution in [0.3, 0.4) is 0 Å². The van der Waals surface area contributed by atoms with Gasteiger partial charge in [-0.1, -0.05) is 18.2 Å². The van der Waals surface area contributed by atoms with Crippen molar-refractivity contribution in [2.45, 2.75) is 63.7 Å². The first kappa shape index (κ1) is 25.2. The van der Waals surface area contributed by atoms with E-state index in [-0.39, 0.29) is 23.9 Å². The van der Waals surface area contributed by atoms with Gasteiger partial charge in [0.2, 0.25) is 11.8 Å². The topological polar surface area (TPSA) is 76.5 Å². The number of aromatic nitrogens is 2. The molecule has 1 saturated heterocycles. The van der Waals surface area contributed by atoms with Gasteiger partial charge in [0.15, 0.2) is 5.69 Å². The van der Waals surface area contributed by atoms with Crippen molar-refractivity contribution >= 4 is 17.5 Å². The molecule has 2 aliphatic rings. The lowest BCUT2D eigenvalue weighted by Gasteiger charge is -2.29. The maximum absolute atomic E-state index is 13.5. The summed E-state index contributed by atoms with van der Waals surface area (Å²) in [6, 6.07) is 8.31. The van der Waals surface area contributed by atoms with Crippen molar-refractivity contribution in [2.75, 3.05) is 25.2 Å². The summed E-state index contributed by atoms with van der Waals surface area (Å²) in [6.45, 7) is 0.854. The quantitative estimate of drug-likeness (QED) is 0.639. The Morgan fingerprint density at radius 2 is 1.86 bits per heavy atom. The smallest absolute Gasteiger partial charge is 0.381 e. The standard InChI is InChI=1S/C25H31F3N4O3/c1-31(18-7-3-2-4-8-18)24(34)20(15-17-11-13-35-14-12-17)29-22(33)16-32-21-10-6-5-9-19(21)23(30-32)25(26,27)28/h2-4,7-8,17,20H,5-6,9-16H2,1H3,(H,29,33)/t20-/m0/s1. The van der Waals surface area contributed by atoms with E-state index in [2.05, 4.69) is 10.4 Å². The highest BCUT2D eigenvalue weighted by Crippen LogP contribution is 2.35. The van der Waals surface area contributed by atoms with E-state index in [0.717, 1.165) is 19.3 Å². The van der Waals surface area contributed by atoms with Crippen LogP contribution < -0.4 is 10.2 Å². The number of hydrogen-bond donors (Lipinski definition) is 1. The first-order valence-electron chi connectivity index (χ1n) is 12.1. The average Bonchev–Trinajstić information content (AvgIpc) is 3.23. The largest absolute Gasteiger partial charge is 0.435 e. The molecule has 4 rings (SSSR count). The molecule has 1 N–H and O–H groups in total. The molecule has 10 heteroatoms. The Bertz CT molecular complexity index is 1030. The molecule has 0 bridgehead atoms. The Kier molecular flexibility index (Phi) is 7.78. The lowest BCUT2D eigenvalue weighted by Crippen LogP contribution is -2.49. The zero-order chi connectivity index (χ0) is 25.0. The number of nitrogens with one attached hydrogen (secondary N) is 1. The molecule has 2 amide bonds. The molecule has 1 aromatic carbocycles. The highest BCUT2D eigenvalue weighted by molar-refractivity contribution is 5.98. The van der Waals surface area contributed by atoms with Gasteiger partial charge in [0.05, 0.1) is 0 Å². The van der Waals surface area contributed by atoms with Crippen LogP contribution in [0.5, 0.6) is 0 Å². The van der Waals surface area contributed by atoms with Crippen LogP contribution in [0.2, 0.25) is 0 Å². The van der Waals surface area contributed by atoms with Crippen molar-refractivity contribution in [3.8, 4) is 0 Å². The van der Waals surface area contributed by atoms with Crippen molar-refractivity contribution in [2.24, 2.45) is 5.92 Å². The number of amides is 2. The third-order valence-corrected chi connectivity index (χ3v) is 6.84. The molecule has 1 atom stereocenters. The Balaban J connectivity index is 1.52. The molecular formula is C25H31F3N4O3. The van der Waals surface area contributed by atoms with E-state index in [0.29, 0.717) is 50.3 Å². The van der Waals surface area contributed by atoms with Crippen LogP contribution in [-0.4, -0.2) is 47.9 Å². The average molecular weight is 493 g/mol. The number of benzene rings is 1. The number of alkyl halides is 3. The first-order chi connectivity index (χ1) is 16.7. The normalized spacial score (nSPS) is 17.5. The molecule has 1 aromatic heterocycles. The molecule has 1 fully saturated rings. The number of carbonyl (C=O) groups excluding carboxylic acids is 2. The Morgan fingerprint density at radius 3 is 2.54 bits per heavy atom. The van der Waals surface area contributed by atoms with Crippen molar-refractivity contribution in [1.82, 2.24) is 15.1 Å². The number of halogens is 3. The number of ether oxygens (including phenoxy) is 1. The van der Waals surface area contributed by atoms with Crippen LogP contribution in [0.4, 0.5) is 18.9 Å². The summed E-state index contributed by atoms with van der Waals surface area (Å²) in [4.78, 5) is 27.9. The van der Waals surface area contributed by atoms with E-state index in [4.69, 9.17) is 4.74 Å². The molecule has 2 aromatic rings. The van der Waals surface area contributed by atoms with Gasteiger partial charge in [0.1, 0.15) is 12.6 Å². The highest BCUT2D eigenvalue weighted by atomic mass is 19.4. The van der Waals surface area contributed by atoms with E-state index in [1.807, 2.05) is 18.2 Å². The van der Waals surface area contributed by atoms with Gasteiger partial charge in [0.25, 0.3) is 0 Å². The molecule has 0 spiro atoms. The molecule has 7 nitrogen and oxygen atoms in total. The Labute approximate surface area is 202 Å². The first-order valence-corrected chi connectivity index (χ1v) is 12.1. The van der Waals surface area contributed by atoms with E-state index in [1.165, 1.54) is 9.58 Å². The molecule has 2 heterocycles. The lowest BCUT2D eigenvalue weighted by molar-refractivity contribution is -0.142. The number of nitrogens with zero attached hydrogens (tertiary/aromatic N) is 3. The van der Waals surface area contributed by atoms with Crippen molar-refractivity contribution in [3.63, 3.8) is 0 Å². The van der Waals surface area contributed by atoms with Crippen LogP contribution in [0.25, 0.3) is 0 Å². The summed E-state index contributed by atoms with van der Waals surface area (Å²) in [7, 11) is 1.65. The summed E-state index contributed by atoms with van der Waals surface area (Å²) in [5.41, 5.74) is 0.445. The molecule has 0 unspecified atom stereocenters. The summed E-state index contributed by atoms with van der Waals surface area (Å²) >= 11 is 0. The van der Waals surface area contributed by atoms with Crippen LogP contribution in [-0.2, 0) is 39.9 Å².